The van der Waals surface area contributed by atoms with Crippen molar-refractivity contribution < 1.29 is 32.3 Å². The summed E-state index contributed by atoms with van der Waals surface area (Å²) in [4.78, 5) is 20.2. The summed E-state index contributed by atoms with van der Waals surface area (Å²) in [5, 5.41) is 16.6. The maximum atomic E-state index is 12.8. The second-order valence-electron chi connectivity index (χ2n) is 8.18. The van der Waals surface area contributed by atoms with Crippen LogP contribution in [0.15, 0.2) is 34.9 Å². The number of carboxylic acid groups (broad SMARTS) is 1. The molecule has 1 aliphatic rings. The number of halogens is 3. The molecule has 2 aromatic heterocycles. The number of nitrogens with one attached hydrogen (secondary N) is 1. The highest BCUT2D eigenvalue weighted by Crippen LogP contribution is 2.34. The Bertz CT molecular complexity index is 1180. The lowest BCUT2D eigenvalue weighted by Crippen LogP contribution is -2.29. The van der Waals surface area contributed by atoms with E-state index in [1.165, 1.54) is 12.1 Å². The minimum Gasteiger partial charge on any atom is -0.476 e. The number of aromatic nitrogens is 3. The lowest BCUT2D eigenvalue weighted by Gasteiger charge is -2.31. The molecule has 0 bridgehead atoms. The first kappa shape index (κ1) is 23.7. The minimum absolute atomic E-state index is 0.120. The predicted octanol–water partition coefficient (Wildman–Crippen LogP) is 5.19. The monoisotopic (exact) mass is 476 g/mol. The average molecular weight is 476 g/mol. The fourth-order valence-electron chi connectivity index (χ4n) is 3.88. The summed E-state index contributed by atoms with van der Waals surface area (Å²) in [5.41, 5.74) is 0.524. The lowest BCUT2D eigenvalue weighted by molar-refractivity contribution is -0.137. The number of rotatable bonds is 6. The molecule has 0 radical (unpaired) electrons. The number of nitrogens with zero attached hydrogens (tertiary/aromatic N) is 3. The van der Waals surface area contributed by atoms with Gasteiger partial charge in [-0.3, -0.25) is 0 Å². The first-order chi connectivity index (χ1) is 16.1. The molecule has 11 heteroatoms. The molecule has 0 amide bonds. The Kier molecular flexibility index (Phi) is 6.56. The molecule has 180 valence electrons. The molecule has 0 unspecified atom stereocenters. The van der Waals surface area contributed by atoms with E-state index in [2.05, 4.69) is 20.4 Å². The average Bonchev–Trinajstić information content (AvgIpc) is 3.24. The van der Waals surface area contributed by atoms with Gasteiger partial charge < -0.3 is 19.7 Å². The van der Waals surface area contributed by atoms with Crippen LogP contribution < -0.4 is 5.32 Å². The molecular weight excluding hydrogens is 453 g/mol. The molecule has 0 spiro atoms. The maximum absolute atomic E-state index is 12.8. The molecule has 0 saturated carbocycles. The standard InChI is InChI=1S/C23H23F3N4O4/c1-12-10-17(30-34-12)21-28-19(22(31)32)13(2)20(29-21)27-11-16-4-3-5-18(33-16)14-6-8-15(9-7-14)23(24,25)26/h6-10,16,18H,3-5,11H2,1-2H3,(H,31,32)(H,27,28,29)/t16-,18+/m1/s1. The van der Waals surface area contributed by atoms with E-state index in [0.717, 1.165) is 25.0 Å². The van der Waals surface area contributed by atoms with Gasteiger partial charge in [0.15, 0.2) is 17.2 Å². The number of ether oxygens (including phenoxy) is 1. The van der Waals surface area contributed by atoms with Gasteiger partial charge in [-0.1, -0.05) is 17.3 Å². The zero-order chi connectivity index (χ0) is 24.5. The van der Waals surface area contributed by atoms with Crippen LogP contribution in [0.4, 0.5) is 19.0 Å². The number of alkyl halides is 3. The van der Waals surface area contributed by atoms with Gasteiger partial charge >= 0.3 is 12.1 Å². The van der Waals surface area contributed by atoms with Gasteiger partial charge in [-0.25, -0.2) is 14.8 Å². The first-order valence-corrected chi connectivity index (χ1v) is 10.7. The van der Waals surface area contributed by atoms with Crippen LogP contribution in [0, 0.1) is 13.8 Å². The van der Waals surface area contributed by atoms with E-state index < -0.39 is 17.7 Å². The Morgan fingerprint density at radius 1 is 1.18 bits per heavy atom. The molecule has 0 aliphatic carbocycles. The Labute approximate surface area is 193 Å². The van der Waals surface area contributed by atoms with Crippen LogP contribution in [0.1, 0.15) is 58.3 Å². The fourth-order valence-corrected chi connectivity index (χ4v) is 3.88. The molecule has 2 atom stereocenters. The molecule has 3 aromatic rings. The van der Waals surface area contributed by atoms with Gasteiger partial charge in [0, 0.05) is 18.2 Å². The van der Waals surface area contributed by atoms with Crippen LogP contribution in [0.2, 0.25) is 0 Å². The van der Waals surface area contributed by atoms with Crippen LogP contribution in [-0.2, 0) is 10.9 Å². The van der Waals surface area contributed by atoms with Crippen LogP contribution in [0.25, 0.3) is 11.5 Å². The summed E-state index contributed by atoms with van der Waals surface area (Å²) in [6.45, 7) is 3.65. The van der Waals surface area contributed by atoms with Crippen LogP contribution in [0.3, 0.4) is 0 Å². The number of carbonyl (C=O) groups is 1. The predicted molar refractivity (Wildman–Crippen MR) is 115 cm³/mol. The molecule has 4 rings (SSSR count). The van der Waals surface area contributed by atoms with Gasteiger partial charge in [-0.05, 0) is 50.8 Å². The summed E-state index contributed by atoms with van der Waals surface area (Å²) in [7, 11) is 0. The smallest absolute Gasteiger partial charge is 0.416 e. The molecule has 34 heavy (non-hydrogen) atoms. The van der Waals surface area contributed by atoms with E-state index in [4.69, 9.17) is 9.26 Å². The van der Waals surface area contributed by atoms with Crippen molar-refractivity contribution in [3.63, 3.8) is 0 Å². The van der Waals surface area contributed by atoms with Crippen molar-refractivity contribution in [2.24, 2.45) is 0 Å². The van der Waals surface area contributed by atoms with Crippen molar-refractivity contribution in [3.8, 4) is 11.5 Å². The highest BCUT2D eigenvalue weighted by Gasteiger charge is 2.31. The van der Waals surface area contributed by atoms with Crippen LogP contribution >= 0.6 is 0 Å². The second-order valence-corrected chi connectivity index (χ2v) is 8.18. The molecule has 1 aliphatic heterocycles. The highest BCUT2D eigenvalue weighted by molar-refractivity contribution is 5.89. The molecule has 3 heterocycles. The summed E-state index contributed by atoms with van der Waals surface area (Å²) < 4.78 is 49.7. The van der Waals surface area contributed by atoms with Crippen LogP contribution in [0.5, 0.6) is 0 Å². The summed E-state index contributed by atoms with van der Waals surface area (Å²) in [6.07, 6.45) is -2.65. The summed E-state index contributed by atoms with van der Waals surface area (Å²) >= 11 is 0. The molecule has 2 N–H and O–H groups in total. The van der Waals surface area contributed by atoms with E-state index >= 15 is 0 Å². The Morgan fingerprint density at radius 3 is 2.53 bits per heavy atom. The van der Waals surface area contributed by atoms with Crippen molar-refractivity contribution in [1.82, 2.24) is 15.1 Å². The van der Waals surface area contributed by atoms with Crippen molar-refractivity contribution in [1.29, 1.82) is 0 Å². The lowest BCUT2D eigenvalue weighted by atomic mass is 9.97. The van der Waals surface area contributed by atoms with Gasteiger partial charge in [-0.2, -0.15) is 13.2 Å². The van der Waals surface area contributed by atoms with E-state index in [0.29, 0.717) is 41.4 Å². The Hall–Kier alpha value is -3.47. The second kappa shape index (κ2) is 9.41. The molecule has 1 aromatic carbocycles. The van der Waals surface area contributed by atoms with E-state index in [1.807, 2.05) is 0 Å². The van der Waals surface area contributed by atoms with Crippen molar-refractivity contribution in [2.75, 3.05) is 11.9 Å². The Balaban J connectivity index is 1.48. The topological polar surface area (TPSA) is 110 Å². The third-order valence-electron chi connectivity index (χ3n) is 5.66. The summed E-state index contributed by atoms with van der Waals surface area (Å²) in [5.74, 6) is -0.200. The zero-order valence-corrected chi connectivity index (χ0v) is 18.5. The number of hydrogen-bond acceptors (Lipinski definition) is 7. The molecule has 1 fully saturated rings. The van der Waals surface area contributed by atoms with Gasteiger partial charge in [0.1, 0.15) is 11.6 Å². The number of carboxylic acids is 1. The number of hydrogen-bond donors (Lipinski definition) is 2. The van der Waals surface area contributed by atoms with Crippen molar-refractivity contribution >= 4 is 11.8 Å². The number of benzene rings is 1. The molecule has 1 saturated heterocycles. The van der Waals surface area contributed by atoms with Gasteiger partial charge in [0.05, 0.1) is 17.8 Å². The van der Waals surface area contributed by atoms with Gasteiger partial charge in [-0.15, -0.1) is 0 Å². The van der Waals surface area contributed by atoms with E-state index in [9.17, 15) is 23.1 Å². The van der Waals surface area contributed by atoms with Crippen molar-refractivity contribution in [2.45, 2.75) is 51.5 Å². The zero-order valence-electron chi connectivity index (χ0n) is 18.5. The first-order valence-electron chi connectivity index (χ1n) is 10.7. The third-order valence-corrected chi connectivity index (χ3v) is 5.66. The van der Waals surface area contributed by atoms with E-state index in [1.54, 1.807) is 19.9 Å². The number of aromatic carboxylic acids is 1. The normalized spacial score (nSPS) is 18.6. The van der Waals surface area contributed by atoms with Crippen LogP contribution in [-0.4, -0.2) is 38.8 Å². The summed E-state index contributed by atoms with van der Waals surface area (Å²) in [6, 6.07) is 6.63. The minimum atomic E-state index is -4.38. The van der Waals surface area contributed by atoms with Crippen molar-refractivity contribution in [3.05, 3.63) is 58.5 Å². The van der Waals surface area contributed by atoms with Gasteiger partial charge in [0.25, 0.3) is 0 Å². The number of anilines is 1. The van der Waals surface area contributed by atoms with E-state index in [-0.39, 0.29) is 23.7 Å². The SMILES string of the molecule is Cc1cc(-c2nc(NC[C@H]3CCC[C@@H](c4ccc(C(F)(F)F)cc4)O3)c(C)c(C(=O)O)n2)no1. The fraction of sp³-hybridized carbons (Fsp3) is 0.391. The molecular formula is C23H23F3N4O4. The largest absolute Gasteiger partial charge is 0.476 e. The number of aryl methyl sites for hydroxylation is 1. The quantitative estimate of drug-likeness (QED) is 0.500. The van der Waals surface area contributed by atoms with Gasteiger partial charge in [0.2, 0.25) is 0 Å². The molecule has 8 nitrogen and oxygen atoms in total. The third kappa shape index (κ3) is 5.19. The Morgan fingerprint density at radius 2 is 1.91 bits per heavy atom. The highest BCUT2D eigenvalue weighted by atomic mass is 19.4. The maximum Gasteiger partial charge on any atom is 0.416 e.